The third-order valence-electron chi connectivity index (χ3n) is 3.65. The van der Waals surface area contributed by atoms with Gasteiger partial charge in [-0.1, -0.05) is 29.8 Å². The maximum atomic E-state index is 12.4. The van der Waals surface area contributed by atoms with E-state index in [0.717, 1.165) is 17.5 Å². The molecule has 1 aromatic heterocycles. The number of carbonyl (C=O) groups is 2. The Hall–Kier alpha value is -1.85. The molecule has 1 aliphatic rings. The van der Waals surface area contributed by atoms with E-state index in [9.17, 15) is 9.59 Å². The molecule has 2 amide bonds. The minimum absolute atomic E-state index is 0.0373. The van der Waals surface area contributed by atoms with Crippen molar-refractivity contribution in [3.63, 3.8) is 0 Å². The van der Waals surface area contributed by atoms with Gasteiger partial charge >= 0.3 is 0 Å². The largest absolute Gasteiger partial charge is 0.350 e. The highest BCUT2D eigenvalue weighted by molar-refractivity contribution is 7.17. The summed E-state index contributed by atoms with van der Waals surface area (Å²) in [6, 6.07) is 11.1. The van der Waals surface area contributed by atoms with Crippen molar-refractivity contribution >= 4 is 34.8 Å². The Labute approximate surface area is 137 Å². The molecule has 0 radical (unpaired) electrons. The summed E-state index contributed by atoms with van der Waals surface area (Å²) in [6.07, 6.45) is 0.858. The number of hydrogen-bond acceptors (Lipinski definition) is 3. The van der Waals surface area contributed by atoms with E-state index < -0.39 is 0 Å². The molecule has 0 saturated heterocycles. The molecule has 4 nitrogen and oxygen atoms in total. The van der Waals surface area contributed by atoms with Gasteiger partial charge < -0.3 is 10.2 Å². The molecule has 114 valence electrons. The summed E-state index contributed by atoms with van der Waals surface area (Å²) in [4.78, 5) is 26.6. The van der Waals surface area contributed by atoms with E-state index in [1.165, 1.54) is 11.3 Å². The van der Waals surface area contributed by atoms with Crippen LogP contribution >= 0.6 is 22.9 Å². The van der Waals surface area contributed by atoms with E-state index in [1.807, 2.05) is 24.3 Å². The van der Waals surface area contributed by atoms with Gasteiger partial charge in [0.2, 0.25) is 0 Å². The van der Waals surface area contributed by atoms with Crippen molar-refractivity contribution in [1.29, 1.82) is 0 Å². The van der Waals surface area contributed by atoms with Crippen molar-refractivity contribution in [3.8, 4) is 0 Å². The van der Waals surface area contributed by atoms with Gasteiger partial charge in [-0.3, -0.25) is 9.59 Å². The third-order valence-corrected chi connectivity index (χ3v) is 4.88. The number of nitrogens with one attached hydrogen (secondary N) is 1. The smallest absolute Gasteiger partial charge is 0.261 e. The molecule has 0 unspecified atom stereocenters. The molecular formula is C16H15ClN2O2S. The number of carbonyl (C=O) groups excluding carboxylic acids is 2. The van der Waals surface area contributed by atoms with Gasteiger partial charge in [-0.05, 0) is 30.2 Å². The number of fused-ring (bicyclic) bond motifs is 1. The second kappa shape index (κ2) is 6.50. The fraction of sp³-hybridized carbons (Fsp3) is 0.250. The van der Waals surface area contributed by atoms with E-state index >= 15 is 0 Å². The number of amides is 2. The average Bonchev–Trinajstić information content (AvgIpc) is 2.96. The summed E-state index contributed by atoms with van der Waals surface area (Å²) < 4.78 is 0.591. The molecule has 0 aliphatic carbocycles. The summed E-state index contributed by atoms with van der Waals surface area (Å²) in [6.45, 7) is 1.64. The second-order valence-corrected chi connectivity index (χ2v) is 6.77. The van der Waals surface area contributed by atoms with Gasteiger partial charge in [0.15, 0.2) is 0 Å². The number of halogens is 1. The van der Waals surface area contributed by atoms with Gasteiger partial charge in [0.1, 0.15) is 0 Å². The standard InChI is InChI=1S/C16H15ClN2O2S/c17-14-6-5-13(22-14)15(20)18-8-10-19-9-7-11-3-1-2-4-12(11)16(19)21/h1-6H,7-10H2,(H,18,20). The lowest BCUT2D eigenvalue weighted by Gasteiger charge is -2.28. The van der Waals surface area contributed by atoms with Crippen LogP contribution in [0.3, 0.4) is 0 Å². The van der Waals surface area contributed by atoms with Gasteiger partial charge in [-0.25, -0.2) is 0 Å². The summed E-state index contributed by atoms with van der Waals surface area (Å²) >= 11 is 7.06. The Balaban J connectivity index is 1.55. The average molecular weight is 335 g/mol. The van der Waals surface area contributed by atoms with Crippen LogP contribution < -0.4 is 5.32 Å². The molecule has 1 N–H and O–H groups in total. The van der Waals surface area contributed by atoms with Crippen molar-refractivity contribution in [2.24, 2.45) is 0 Å². The fourth-order valence-electron chi connectivity index (χ4n) is 2.52. The van der Waals surface area contributed by atoms with E-state index in [1.54, 1.807) is 17.0 Å². The highest BCUT2D eigenvalue weighted by Crippen LogP contribution is 2.21. The molecule has 2 heterocycles. The molecule has 0 bridgehead atoms. The van der Waals surface area contributed by atoms with E-state index in [-0.39, 0.29) is 11.8 Å². The van der Waals surface area contributed by atoms with Gasteiger partial charge in [0, 0.05) is 25.2 Å². The van der Waals surface area contributed by atoms with Crippen LogP contribution in [0, 0.1) is 0 Å². The quantitative estimate of drug-likeness (QED) is 0.934. The van der Waals surface area contributed by atoms with Gasteiger partial charge in [-0.15, -0.1) is 11.3 Å². The lowest BCUT2D eigenvalue weighted by atomic mass is 9.99. The fourth-order valence-corrected chi connectivity index (χ4v) is 3.47. The van der Waals surface area contributed by atoms with Crippen LogP contribution in [0.1, 0.15) is 25.6 Å². The first-order chi connectivity index (χ1) is 10.6. The molecular weight excluding hydrogens is 320 g/mol. The number of benzene rings is 1. The molecule has 0 atom stereocenters. The number of nitrogens with zero attached hydrogens (tertiary/aromatic N) is 1. The van der Waals surface area contributed by atoms with Crippen LogP contribution in [0.25, 0.3) is 0 Å². The molecule has 0 spiro atoms. The Morgan fingerprint density at radius 1 is 1.27 bits per heavy atom. The van der Waals surface area contributed by atoms with Gasteiger partial charge in [0.25, 0.3) is 11.8 Å². The summed E-state index contributed by atoms with van der Waals surface area (Å²) in [5.41, 5.74) is 1.87. The Morgan fingerprint density at radius 3 is 2.86 bits per heavy atom. The number of thiophene rings is 1. The lowest BCUT2D eigenvalue weighted by molar-refractivity contribution is 0.0733. The summed E-state index contributed by atoms with van der Waals surface area (Å²) in [7, 11) is 0. The van der Waals surface area contributed by atoms with Crippen molar-refractivity contribution in [1.82, 2.24) is 10.2 Å². The zero-order valence-corrected chi connectivity index (χ0v) is 13.4. The predicted molar refractivity (Wildman–Crippen MR) is 87.7 cm³/mol. The molecule has 0 fully saturated rings. The lowest BCUT2D eigenvalue weighted by Crippen LogP contribution is -2.42. The summed E-state index contributed by atoms with van der Waals surface area (Å²) in [5, 5.41) is 2.82. The van der Waals surface area contributed by atoms with Gasteiger partial charge in [-0.2, -0.15) is 0 Å². The maximum absolute atomic E-state index is 12.4. The van der Waals surface area contributed by atoms with Crippen LogP contribution in [0.2, 0.25) is 4.34 Å². The van der Waals surface area contributed by atoms with Crippen LogP contribution in [0.15, 0.2) is 36.4 Å². The second-order valence-electron chi connectivity index (χ2n) is 5.06. The van der Waals surface area contributed by atoms with Crippen LogP contribution in [-0.4, -0.2) is 36.3 Å². The molecule has 3 rings (SSSR count). The third kappa shape index (κ3) is 3.15. The Bertz CT molecular complexity index is 714. The van der Waals surface area contributed by atoms with Crippen LogP contribution in [-0.2, 0) is 6.42 Å². The van der Waals surface area contributed by atoms with Gasteiger partial charge in [0.05, 0.1) is 9.21 Å². The topological polar surface area (TPSA) is 49.4 Å². The minimum Gasteiger partial charge on any atom is -0.350 e. The first kappa shape index (κ1) is 15.1. The highest BCUT2D eigenvalue weighted by atomic mass is 35.5. The monoisotopic (exact) mass is 334 g/mol. The zero-order valence-electron chi connectivity index (χ0n) is 11.8. The van der Waals surface area contributed by atoms with E-state index in [4.69, 9.17) is 11.6 Å². The number of rotatable bonds is 4. The maximum Gasteiger partial charge on any atom is 0.261 e. The molecule has 6 heteroatoms. The molecule has 2 aromatic rings. The van der Waals surface area contributed by atoms with E-state index in [2.05, 4.69) is 5.32 Å². The molecule has 1 aromatic carbocycles. The SMILES string of the molecule is O=C(NCCN1CCc2ccccc2C1=O)c1ccc(Cl)s1. The normalized spacial score (nSPS) is 13.9. The predicted octanol–water partition coefficient (Wildman–Crippen LogP) is 2.83. The minimum atomic E-state index is -0.151. The first-order valence-electron chi connectivity index (χ1n) is 7.06. The summed E-state index contributed by atoms with van der Waals surface area (Å²) in [5.74, 6) is -0.114. The Kier molecular flexibility index (Phi) is 4.45. The first-order valence-corrected chi connectivity index (χ1v) is 8.25. The van der Waals surface area contributed by atoms with Crippen molar-refractivity contribution in [2.45, 2.75) is 6.42 Å². The molecule has 1 aliphatic heterocycles. The number of hydrogen-bond donors (Lipinski definition) is 1. The van der Waals surface area contributed by atoms with Crippen LogP contribution in [0.4, 0.5) is 0 Å². The van der Waals surface area contributed by atoms with Crippen molar-refractivity contribution in [2.75, 3.05) is 19.6 Å². The highest BCUT2D eigenvalue weighted by Gasteiger charge is 2.23. The van der Waals surface area contributed by atoms with Crippen molar-refractivity contribution < 1.29 is 9.59 Å². The Morgan fingerprint density at radius 2 is 2.09 bits per heavy atom. The van der Waals surface area contributed by atoms with E-state index in [0.29, 0.717) is 28.8 Å². The zero-order chi connectivity index (χ0) is 15.5. The molecule has 0 saturated carbocycles. The molecule has 22 heavy (non-hydrogen) atoms. The van der Waals surface area contributed by atoms with Crippen molar-refractivity contribution in [3.05, 3.63) is 56.7 Å². The van der Waals surface area contributed by atoms with Crippen LogP contribution in [0.5, 0.6) is 0 Å².